The van der Waals surface area contributed by atoms with Crippen molar-refractivity contribution in [1.29, 1.82) is 0 Å². The maximum absolute atomic E-state index is 5.86. The van der Waals surface area contributed by atoms with Gasteiger partial charge in [0.2, 0.25) is 0 Å². The van der Waals surface area contributed by atoms with Crippen molar-refractivity contribution in [2.75, 3.05) is 0 Å². The van der Waals surface area contributed by atoms with Crippen LogP contribution in [0.15, 0.2) is 58.6 Å². The predicted octanol–water partition coefficient (Wildman–Crippen LogP) is 4.37. The van der Waals surface area contributed by atoms with Gasteiger partial charge in [0.05, 0.1) is 5.03 Å². The summed E-state index contributed by atoms with van der Waals surface area (Å²) in [6.07, 6.45) is 0. The van der Waals surface area contributed by atoms with Gasteiger partial charge in [-0.15, -0.1) is 0 Å². The van der Waals surface area contributed by atoms with Crippen molar-refractivity contribution in [2.24, 2.45) is 0 Å². The van der Waals surface area contributed by atoms with Crippen molar-refractivity contribution >= 4 is 34.3 Å². The van der Waals surface area contributed by atoms with E-state index in [1.54, 1.807) is 17.8 Å². The Morgan fingerprint density at radius 2 is 1.94 bits per heavy atom. The molecule has 1 aromatic carbocycles. The minimum absolute atomic E-state index is 0.520. The first kappa shape index (κ1) is 10.7. The average molecular weight is 261 g/mol. The molecule has 3 rings (SSSR count). The van der Waals surface area contributed by atoms with E-state index in [0.717, 1.165) is 15.6 Å². The number of fused-ring (bicyclic) bond motifs is 1. The van der Waals surface area contributed by atoms with Gasteiger partial charge < -0.3 is 4.98 Å². The number of H-pyrrole nitrogens is 1. The summed E-state index contributed by atoms with van der Waals surface area (Å²) in [5.74, 6) is 0. The van der Waals surface area contributed by atoms with Crippen LogP contribution in [0.25, 0.3) is 10.9 Å². The van der Waals surface area contributed by atoms with Gasteiger partial charge >= 0.3 is 0 Å². The SMILES string of the molecule is Clc1cccc(Sc2cc3ccccc3[nH]2)n1. The third-order valence-electron chi connectivity index (χ3n) is 2.41. The number of pyridine rings is 1. The number of aromatic amines is 1. The van der Waals surface area contributed by atoms with Crippen LogP contribution >= 0.6 is 23.4 Å². The lowest BCUT2D eigenvalue weighted by Crippen LogP contribution is -1.79. The smallest absolute Gasteiger partial charge is 0.130 e. The molecule has 0 amide bonds. The Morgan fingerprint density at radius 1 is 1.06 bits per heavy atom. The van der Waals surface area contributed by atoms with Gasteiger partial charge in [0, 0.05) is 10.9 Å². The molecule has 0 unspecified atom stereocenters. The number of benzene rings is 1. The van der Waals surface area contributed by atoms with Crippen LogP contribution in [-0.4, -0.2) is 9.97 Å². The van der Waals surface area contributed by atoms with Crippen molar-refractivity contribution in [3.05, 3.63) is 53.7 Å². The van der Waals surface area contributed by atoms with Gasteiger partial charge in [-0.25, -0.2) is 4.98 Å². The number of nitrogens with one attached hydrogen (secondary N) is 1. The Kier molecular flexibility index (Phi) is 2.79. The van der Waals surface area contributed by atoms with Crippen LogP contribution in [-0.2, 0) is 0 Å². The van der Waals surface area contributed by atoms with Crippen LogP contribution < -0.4 is 0 Å². The Morgan fingerprint density at radius 3 is 2.76 bits per heavy atom. The van der Waals surface area contributed by atoms with Crippen molar-refractivity contribution in [3.63, 3.8) is 0 Å². The van der Waals surface area contributed by atoms with E-state index < -0.39 is 0 Å². The molecule has 0 fully saturated rings. The average Bonchev–Trinajstić information content (AvgIpc) is 2.71. The molecule has 17 heavy (non-hydrogen) atoms. The maximum Gasteiger partial charge on any atom is 0.130 e. The quantitative estimate of drug-likeness (QED) is 0.693. The number of hydrogen-bond donors (Lipinski definition) is 1. The first-order valence-corrected chi connectivity index (χ1v) is 6.39. The highest BCUT2D eigenvalue weighted by Crippen LogP contribution is 2.28. The van der Waals surface area contributed by atoms with Gasteiger partial charge in [-0.2, -0.15) is 0 Å². The summed E-state index contributed by atoms with van der Waals surface area (Å²) in [6.45, 7) is 0. The molecule has 0 aliphatic carbocycles. The number of para-hydroxylation sites is 1. The van der Waals surface area contributed by atoms with E-state index in [1.165, 1.54) is 5.39 Å². The minimum Gasteiger partial charge on any atom is -0.349 e. The van der Waals surface area contributed by atoms with Crippen LogP contribution in [0.4, 0.5) is 0 Å². The van der Waals surface area contributed by atoms with Crippen LogP contribution in [0, 0.1) is 0 Å². The maximum atomic E-state index is 5.86. The molecule has 0 spiro atoms. The molecule has 0 saturated heterocycles. The summed E-state index contributed by atoms with van der Waals surface area (Å²) in [7, 11) is 0. The Balaban J connectivity index is 1.94. The molecule has 2 heterocycles. The first-order valence-electron chi connectivity index (χ1n) is 5.19. The molecule has 2 nitrogen and oxygen atoms in total. The molecule has 0 bridgehead atoms. The molecular formula is C13H9ClN2S. The van der Waals surface area contributed by atoms with Crippen LogP contribution in [0.1, 0.15) is 0 Å². The first-order chi connectivity index (χ1) is 8.31. The number of rotatable bonds is 2. The zero-order chi connectivity index (χ0) is 11.7. The van der Waals surface area contributed by atoms with E-state index in [9.17, 15) is 0 Å². The summed E-state index contributed by atoms with van der Waals surface area (Å²) >= 11 is 7.43. The number of nitrogens with zero attached hydrogens (tertiary/aromatic N) is 1. The van der Waals surface area contributed by atoms with Gasteiger partial charge in [0.15, 0.2) is 0 Å². The van der Waals surface area contributed by atoms with Crippen molar-refractivity contribution in [1.82, 2.24) is 9.97 Å². The summed E-state index contributed by atoms with van der Waals surface area (Å²) in [5.41, 5.74) is 1.14. The Bertz CT molecular complexity index is 630. The molecule has 0 atom stereocenters. The minimum atomic E-state index is 0.520. The van der Waals surface area contributed by atoms with E-state index in [4.69, 9.17) is 11.6 Å². The molecule has 0 saturated carbocycles. The van der Waals surface area contributed by atoms with E-state index >= 15 is 0 Å². The molecule has 0 aliphatic heterocycles. The number of aromatic nitrogens is 2. The zero-order valence-corrected chi connectivity index (χ0v) is 10.4. The van der Waals surface area contributed by atoms with E-state index in [2.05, 4.69) is 28.2 Å². The fourth-order valence-corrected chi connectivity index (χ4v) is 2.74. The fourth-order valence-electron chi connectivity index (χ4n) is 1.66. The van der Waals surface area contributed by atoms with Crippen LogP contribution in [0.3, 0.4) is 0 Å². The van der Waals surface area contributed by atoms with Gasteiger partial charge in [-0.05, 0) is 24.3 Å². The lowest BCUT2D eigenvalue weighted by atomic mass is 10.3. The largest absolute Gasteiger partial charge is 0.349 e. The highest BCUT2D eigenvalue weighted by Gasteiger charge is 2.03. The molecule has 84 valence electrons. The summed E-state index contributed by atoms with van der Waals surface area (Å²) in [6, 6.07) is 15.9. The third kappa shape index (κ3) is 2.30. The fraction of sp³-hybridized carbons (Fsp3) is 0. The molecule has 0 aliphatic rings. The summed E-state index contributed by atoms with van der Waals surface area (Å²) in [4.78, 5) is 7.59. The van der Waals surface area contributed by atoms with Crippen LogP contribution in [0.5, 0.6) is 0 Å². The second-order valence-electron chi connectivity index (χ2n) is 3.62. The van der Waals surface area contributed by atoms with Crippen LogP contribution in [0.2, 0.25) is 5.15 Å². The second kappa shape index (κ2) is 4.43. The monoisotopic (exact) mass is 260 g/mol. The lowest BCUT2D eigenvalue weighted by Gasteiger charge is -1.97. The van der Waals surface area contributed by atoms with Gasteiger partial charge in [0.1, 0.15) is 10.2 Å². The molecule has 1 N–H and O–H groups in total. The van der Waals surface area contributed by atoms with Gasteiger partial charge in [-0.1, -0.05) is 47.6 Å². The van der Waals surface area contributed by atoms with E-state index in [0.29, 0.717) is 5.15 Å². The second-order valence-corrected chi connectivity index (χ2v) is 5.07. The highest BCUT2D eigenvalue weighted by molar-refractivity contribution is 7.99. The van der Waals surface area contributed by atoms with Crippen molar-refractivity contribution in [2.45, 2.75) is 10.1 Å². The van der Waals surface area contributed by atoms with E-state index in [1.807, 2.05) is 24.3 Å². The lowest BCUT2D eigenvalue weighted by molar-refractivity contribution is 1.12. The number of hydrogen-bond acceptors (Lipinski definition) is 2. The summed E-state index contributed by atoms with van der Waals surface area (Å²) < 4.78 is 0. The zero-order valence-electron chi connectivity index (χ0n) is 8.85. The highest BCUT2D eigenvalue weighted by atomic mass is 35.5. The van der Waals surface area contributed by atoms with Crippen molar-refractivity contribution in [3.8, 4) is 0 Å². The van der Waals surface area contributed by atoms with Gasteiger partial charge in [-0.3, -0.25) is 0 Å². The van der Waals surface area contributed by atoms with E-state index in [-0.39, 0.29) is 0 Å². The summed E-state index contributed by atoms with van der Waals surface area (Å²) in [5, 5.41) is 3.69. The molecule has 2 aromatic heterocycles. The molecule has 0 radical (unpaired) electrons. The van der Waals surface area contributed by atoms with Crippen molar-refractivity contribution < 1.29 is 0 Å². The molecule has 3 aromatic rings. The third-order valence-corrected chi connectivity index (χ3v) is 3.50. The standard InChI is InChI=1S/C13H9ClN2S/c14-11-6-3-7-12(16-11)17-13-8-9-4-1-2-5-10(9)15-13/h1-8,15H. The molecule has 4 heteroatoms. The topological polar surface area (TPSA) is 28.7 Å². The van der Waals surface area contributed by atoms with Gasteiger partial charge in [0.25, 0.3) is 0 Å². The normalized spacial score (nSPS) is 10.9. The Labute approximate surface area is 108 Å². The number of halogens is 1. The Hall–Kier alpha value is -1.45. The molecular weight excluding hydrogens is 252 g/mol. The predicted molar refractivity (Wildman–Crippen MR) is 71.7 cm³/mol.